The van der Waals surface area contributed by atoms with E-state index in [4.69, 9.17) is 13.9 Å². The normalized spacial score (nSPS) is 10.4. The molecule has 1 aromatic carbocycles. The maximum Gasteiger partial charge on any atom is 0.278 e. The van der Waals surface area contributed by atoms with E-state index in [9.17, 15) is 0 Å². The first kappa shape index (κ1) is 13.1. The Hall–Kier alpha value is -1.31. The molecule has 0 unspecified atom stereocenters. The number of ether oxygens (including phenoxy) is 2. The lowest BCUT2D eigenvalue weighted by Gasteiger charge is -2.11. The van der Waals surface area contributed by atoms with Gasteiger partial charge in [0.05, 0.1) is 13.2 Å². The summed E-state index contributed by atoms with van der Waals surface area (Å²) < 4.78 is 16.9. The van der Waals surface area contributed by atoms with Crippen LogP contribution in [0.3, 0.4) is 0 Å². The average molecular weight is 360 g/mol. The van der Waals surface area contributed by atoms with Gasteiger partial charge < -0.3 is 13.9 Å². The standard InChI is InChI=1S/C12H13IN2O3/c1-3-16-9-6-5-8(7-10(9)17-4-2)11-14-15-12(13)18-11/h5-7H,3-4H2,1-2H3. The van der Waals surface area contributed by atoms with Crippen molar-refractivity contribution >= 4 is 22.6 Å². The second kappa shape index (κ2) is 6.03. The molecule has 5 nitrogen and oxygen atoms in total. The second-order valence-corrected chi connectivity index (χ2v) is 4.31. The molecule has 0 aliphatic heterocycles. The largest absolute Gasteiger partial charge is 0.490 e. The molecule has 96 valence electrons. The minimum absolute atomic E-state index is 0.475. The molecular formula is C12H13IN2O3. The molecule has 0 aliphatic rings. The molecule has 0 saturated heterocycles. The van der Waals surface area contributed by atoms with E-state index in [1.54, 1.807) is 0 Å². The molecule has 0 radical (unpaired) electrons. The van der Waals surface area contributed by atoms with Crippen molar-refractivity contribution in [2.75, 3.05) is 13.2 Å². The van der Waals surface area contributed by atoms with Crippen molar-refractivity contribution in [2.45, 2.75) is 13.8 Å². The fourth-order valence-electron chi connectivity index (χ4n) is 1.51. The van der Waals surface area contributed by atoms with Gasteiger partial charge in [0.15, 0.2) is 11.5 Å². The number of halogens is 1. The second-order valence-electron chi connectivity index (χ2n) is 3.39. The minimum atomic E-state index is 0.475. The Bertz CT molecular complexity index is 528. The lowest BCUT2D eigenvalue weighted by Crippen LogP contribution is -1.98. The predicted molar refractivity (Wildman–Crippen MR) is 74.8 cm³/mol. The monoisotopic (exact) mass is 360 g/mol. The zero-order valence-electron chi connectivity index (χ0n) is 10.1. The highest BCUT2D eigenvalue weighted by Crippen LogP contribution is 2.32. The first-order valence-corrected chi connectivity index (χ1v) is 6.71. The van der Waals surface area contributed by atoms with Gasteiger partial charge in [-0.15, -0.1) is 10.2 Å². The van der Waals surface area contributed by atoms with Gasteiger partial charge in [0, 0.05) is 28.2 Å². The Balaban J connectivity index is 2.35. The molecule has 6 heteroatoms. The molecular weight excluding hydrogens is 347 g/mol. The fourth-order valence-corrected chi connectivity index (χ4v) is 1.82. The average Bonchev–Trinajstić information content (AvgIpc) is 2.79. The first-order valence-electron chi connectivity index (χ1n) is 5.63. The molecule has 18 heavy (non-hydrogen) atoms. The highest BCUT2D eigenvalue weighted by molar-refractivity contribution is 14.1. The summed E-state index contributed by atoms with van der Waals surface area (Å²) in [5.74, 6) is 1.88. The molecule has 0 aliphatic carbocycles. The molecule has 0 saturated carbocycles. The number of nitrogens with zero attached hydrogens (tertiary/aromatic N) is 2. The molecule has 0 bridgehead atoms. The van der Waals surface area contributed by atoms with Crippen LogP contribution in [0.5, 0.6) is 11.5 Å². The van der Waals surface area contributed by atoms with Gasteiger partial charge in [-0.2, -0.15) is 0 Å². The SMILES string of the molecule is CCOc1ccc(-c2nnc(I)o2)cc1OCC. The summed E-state index contributed by atoms with van der Waals surface area (Å²) in [6.45, 7) is 5.03. The van der Waals surface area contributed by atoms with Gasteiger partial charge in [-0.1, -0.05) is 0 Å². The van der Waals surface area contributed by atoms with E-state index in [2.05, 4.69) is 10.2 Å². The minimum Gasteiger partial charge on any atom is -0.490 e. The van der Waals surface area contributed by atoms with Crippen molar-refractivity contribution in [1.29, 1.82) is 0 Å². The highest BCUT2D eigenvalue weighted by atomic mass is 127. The summed E-state index contributed by atoms with van der Waals surface area (Å²) in [5.41, 5.74) is 0.817. The molecule has 1 heterocycles. The van der Waals surface area contributed by atoms with E-state index in [1.807, 2.05) is 54.6 Å². The molecule has 0 fully saturated rings. The van der Waals surface area contributed by atoms with Gasteiger partial charge in [-0.25, -0.2) is 0 Å². The van der Waals surface area contributed by atoms with Gasteiger partial charge in [-0.05, 0) is 32.0 Å². The van der Waals surface area contributed by atoms with Crippen LogP contribution < -0.4 is 9.47 Å². The van der Waals surface area contributed by atoms with Crippen LogP contribution in [0.25, 0.3) is 11.5 Å². The Kier molecular flexibility index (Phi) is 4.40. The van der Waals surface area contributed by atoms with Crippen molar-refractivity contribution in [3.8, 4) is 23.0 Å². The first-order chi connectivity index (χ1) is 8.74. The summed E-state index contributed by atoms with van der Waals surface area (Å²) in [6.07, 6.45) is 0. The highest BCUT2D eigenvalue weighted by Gasteiger charge is 2.11. The van der Waals surface area contributed by atoms with Gasteiger partial charge in [0.1, 0.15) is 0 Å². The van der Waals surface area contributed by atoms with Crippen LogP contribution in [0.1, 0.15) is 13.8 Å². The lowest BCUT2D eigenvalue weighted by atomic mass is 10.2. The van der Waals surface area contributed by atoms with Gasteiger partial charge in [0.2, 0.25) is 5.89 Å². The Morgan fingerprint density at radius 2 is 1.83 bits per heavy atom. The third-order valence-corrected chi connectivity index (χ3v) is 2.63. The fraction of sp³-hybridized carbons (Fsp3) is 0.333. The third kappa shape index (κ3) is 2.92. The molecule has 1 aromatic heterocycles. The van der Waals surface area contributed by atoms with E-state index in [-0.39, 0.29) is 0 Å². The van der Waals surface area contributed by atoms with Crippen molar-refractivity contribution in [2.24, 2.45) is 0 Å². The van der Waals surface area contributed by atoms with Crippen molar-refractivity contribution < 1.29 is 13.9 Å². The zero-order valence-corrected chi connectivity index (χ0v) is 12.3. The van der Waals surface area contributed by atoms with Crippen LogP contribution >= 0.6 is 22.6 Å². The quantitative estimate of drug-likeness (QED) is 0.767. The summed E-state index contributed by atoms with van der Waals surface area (Å²) >= 11 is 1.98. The maximum atomic E-state index is 5.54. The summed E-state index contributed by atoms with van der Waals surface area (Å²) in [5, 5.41) is 7.77. The Morgan fingerprint density at radius 1 is 1.11 bits per heavy atom. The lowest BCUT2D eigenvalue weighted by molar-refractivity contribution is 0.288. The zero-order chi connectivity index (χ0) is 13.0. The van der Waals surface area contributed by atoms with E-state index in [0.717, 1.165) is 11.3 Å². The summed E-state index contributed by atoms with van der Waals surface area (Å²) in [6, 6.07) is 5.57. The molecule has 0 atom stereocenters. The summed E-state index contributed by atoms with van der Waals surface area (Å²) in [4.78, 5) is 0. The van der Waals surface area contributed by atoms with Crippen molar-refractivity contribution in [3.05, 3.63) is 22.1 Å². The van der Waals surface area contributed by atoms with Crippen LogP contribution in [0.15, 0.2) is 22.6 Å². The van der Waals surface area contributed by atoms with Crippen LogP contribution in [0.4, 0.5) is 0 Å². The number of benzene rings is 1. The van der Waals surface area contributed by atoms with Gasteiger partial charge >= 0.3 is 0 Å². The van der Waals surface area contributed by atoms with Crippen LogP contribution in [-0.2, 0) is 0 Å². The van der Waals surface area contributed by atoms with Crippen LogP contribution in [0, 0.1) is 3.90 Å². The molecule has 2 rings (SSSR count). The maximum absolute atomic E-state index is 5.54. The Labute approximate surface area is 119 Å². The van der Waals surface area contributed by atoms with Crippen molar-refractivity contribution in [1.82, 2.24) is 10.2 Å². The smallest absolute Gasteiger partial charge is 0.278 e. The molecule has 0 spiro atoms. The number of hydrogen-bond donors (Lipinski definition) is 0. The van der Waals surface area contributed by atoms with Gasteiger partial charge in [0.25, 0.3) is 3.90 Å². The van der Waals surface area contributed by atoms with Crippen LogP contribution in [-0.4, -0.2) is 23.4 Å². The van der Waals surface area contributed by atoms with E-state index >= 15 is 0 Å². The van der Waals surface area contributed by atoms with Crippen LogP contribution in [0.2, 0.25) is 0 Å². The van der Waals surface area contributed by atoms with Crippen molar-refractivity contribution in [3.63, 3.8) is 0 Å². The molecule has 0 N–H and O–H groups in total. The summed E-state index contributed by atoms with van der Waals surface area (Å²) in [7, 11) is 0. The number of hydrogen-bond acceptors (Lipinski definition) is 5. The van der Waals surface area contributed by atoms with E-state index in [0.29, 0.717) is 28.8 Å². The Morgan fingerprint density at radius 3 is 2.44 bits per heavy atom. The third-order valence-electron chi connectivity index (χ3n) is 2.19. The van der Waals surface area contributed by atoms with Gasteiger partial charge in [-0.3, -0.25) is 0 Å². The number of rotatable bonds is 5. The van der Waals surface area contributed by atoms with E-state index < -0.39 is 0 Å². The topological polar surface area (TPSA) is 57.4 Å². The predicted octanol–water partition coefficient (Wildman–Crippen LogP) is 3.14. The molecule has 0 amide bonds. The molecule has 2 aromatic rings. The number of aromatic nitrogens is 2. The van der Waals surface area contributed by atoms with E-state index in [1.165, 1.54) is 0 Å².